The summed E-state index contributed by atoms with van der Waals surface area (Å²) in [7, 11) is -2.42. The first kappa shape index (κ1) is 31.9. The first-order valence-electron chi connectivity index (χ1n) is 10.7. The van der Waals surface area contributed by atoms with Crippen molar-refractivity contribution in [2.24, 2.45) is 0 Å². The fourth-order valence-corrected chi connectivity index (χ4v) is 4.64. The molecule has 0 aliphatic carbocycles. The van der Waals surface area contributed by atoms with Crippen LogP contribution in [0.4, 0.5) is 11.5 Å². The maximum absolute atomic E-state index is 11.5. The quantitative estimate of drug-likeness (QED) is 0.159. The average molecular weight is 640 g/mol. The highest BCUT2D eigenvalue weighted by molar-refractivity contribution is 9.10. The van der Waals surface area contributed by atoms with E-state index in [0.717, 1.165) is 10.7 Å². The Morgan fingerprint density at radius 3 is 2.37 bits per heavy atom. The third kappa shape index (κ3) is 7.84. The molecule has 0 spiro atoms. The van der Waals surface area contributed by atoms with E-state index in [0.29, 0.717) is 27.4 Å². The second-order valence-electron chi connectivity index (χ2n) is 8.00. The highest BCUT2D eigenvalue weighted by Gasteiger charge is 2.35. The number of nitrogens with zero attached hydrogens (tertiary/aromatic N) is 2. The minimum atomic E-state index is -3.81. The number of rotatable bonds is 12. The summed E-state index contributed by atoms with van der Waals surface area (Å²) in [4.78, 5) is 8.52. The Labute approximate surface area is 231 Å². The molecule has 8 N–H and O–H groups in total. The number of aliphatic hydroxyl groups excluding tert-OH is 4. The number of benzene rings is 2. The first-order chi connectivity index (χ1) is 17.5. The van der Waals surface area contributed by atoms with Gasteiger partial charge < -0.3 is 40.7 Å². The fourth-order valence-electron chi connectivity index (χ4n) is 3.45. The van der Waals surface area contributed by atoms with Crippen LogP contribution in [0, 0.1) is 0 Å². The topological polar surface area (TPSA) is 215 Å². The Morgan fingerprint density at radius 2 is 1.79 bits per heavy atom. The molecule has 0 saturated carbocycles. The van der Waals surface area contributed by atoms with Gasteiger partial charge in [0, 0.05) is 21.6 Å². The van der Waals surface area contributed by atoms with Gasteiger partial charge in [-0.1, -0.05) is 11.6 Å². The Morgan fingerprint density at radius 1 is 1.08 bits per heavy atom. The molecule has 38 heavy (non-hydrogen) atoms. The highest BCUT2D eigenvalue weighted by Crippen LogP contribution is 2.36. The van der Waals surface area contributed by atoms with Crippen LogP contribution in [-0.4, -0.2) is 95.2 Å². The molecule has 0 fully saturated rings. The van der Waals surface area contributed by atoms with E-state index in [1.807, 2.05) is 4.72 Å². The number of hydrogen-bond donors (Lipinski definition) is 6. The van der Waals surface area contributed by atoms with Gasteiger partial charge in [0.1, 0.15) is 24.4 Å². The number of methoxy groups -OCH3 is 1. The first-order valence-corrected chi connectivity index (χ1v) is 13.8. The minimum Gasteiger partial charge on any atom is -0.493 e. The highest BCUT2D eigenvalue weighted by atomic mass is 79.9. The Bertz CT molecular complexity index is 1350. The van der Waals surface area contributed by atoms with Gasteiger partial charge in [0.15, 0.2) is 17.6 Å². The summed E-state index contributed by atoms with van der Waals surface area (Å²) < 4.78 is 36.9. The van der Waals surface area contributed by atoms with Gasteiger partial charge in [0.25, 0.3) is 0 Å². The summed E-state index contributed by atoms with van der Waals surface area (Å²) >= 11 is 9.52. The number of fused-ring (bicyclic) bond motifs is 1. The van der Waals surface area contributed by atoms with E-state index >= 15 is 0 Å². The predicted octanol–water partition coefficient (Wildman–Crippen LogP) is 0.345. The molecule has 13 nitrogen and oxygen atoms in total. The van der Waals surface area contributed by atoms with Gasteiger partial charge >= 0.3 is 0 Å². The van der Waals surface area contributed by atoms with Crippen LogP contribution >= 0.6 is 27.5 Å². The molecule has 1 heterocycles. The number of halogens is 2. The Hall–Kier alpha value is -2.34. The second-order valence-corrected chi connectivity index (χ2v) is 11.0. The zero-order valence-electron chi connectivity index (χ0n) is 20.2. The van der Waals surface area contributed by atoms with Crippen molar-refractivity contribution < 1.29 is 43.8 Å². The summed E-state index contributed by atoms with van der Waals surface area (Å²) in [6, 6.07) is 6.94. The molecule has 0 aliphatic rings. The van der Waals surface area contributed by atoms with Crippen molar-refractivity contribution in [2.75, 3.05) is 31.9 Å². The molecule has 0 unspecified atom stereocenters. The lowest BCUT2D eigenvalue weighted by Gasteiger charge is -2.30. The summed E-state index contributed by atoms with van der Waals surface area (Å²) in [6.07, 6.45) is -2.85. The molecular weight excluding hydrogens is 612 g/mol. The summed E-state index contributed by atoms with van der Waals surface area (Å²) in [5, 5.41) is 44.5. The van der Waals surface area contributed by atoms with Crippen LogP contribution in [0.1, 0.15) is 0 Å². The van der Waals surface area contributed by atoms with Crippen LogP contribution in [-0.2, 0) is 10.0 Å². The van der Waals surface area contributed by atoms with E-state index in [2.05, 4.69) is 31.2 Å². The lowest BCUT2D eigenvalue weighted by atomic mass is 10.0. The molecule has 1 aromatic heterocycles. The molecule has 3 aromatic rings. The van der Waals surface area contributed by atoms with Gasteiger partial charge in [-0.25, -0.2) is 23.1 Å². The second kappa shape index (κ2) is 13.6. The van der Waals surface area contributed by atoms with E-state index in [9.17, 15) is 28.8 Å². The van der Waals surface area contributed by atoms with Crippen LogP contribution in [0.2, 0.25) is 5.02 Å². The zero-order chi connectivity index (χ0) is 27.3. The maximum Gasteiger partial charge on any atom is 0.209 e. The Balaban J connectivity index is 0.00000507. The predicted molar refractivity (Wildman–Crippen MR) is 145 cm³/mol. The Kier molecular flexibility index (Phi) is 11.4. The standard InChI is InChI=1S/C22H26BrClN4O8S.H2O/c1-35-17-6-12-15(25-10-26-22(12)27-11-3-4-13(23)14(24)5-11)7-18(17)36-19(9-30)21(32)20(31)16(8-29)28-37(2,33)34;/h3-7,10,16,19-21,28-32H,8-9H2,1-2H3,(H,25,26,27);1H2/t16-,19-,20+,21+;/m1./s1. The third-order valence-electron chi connectivity index (χ3n) is 5.27. The van der Waals surface area contributed by atoms with Crippen molar-refractivity contribution in [1.29, 1.82) is 0 Å². The molecule has 0 saturated heterocycles. The van der Waals surface area contributed by atoms with E-state index in [1.165, 1.54) is 19.5 Å². The SMILES string of the molecule is COc1cc2c(Nc3ccc(Br)c(Cl)c3)ncnc2cc1O[C@H](CO)[C@H](O)[C@@H](O)[C@@H](CO)NS(C)(=O)=O.O. The van der Waals surface area contributed by atoms with E-state index in [4.69, 9.17) is 21.1 Å². The fraction of sp³-hybridized carbons (Fsp3) is 0.364. The van der Waals surface area contributed by atoms with Gasteiger partial charge in [-0.05, 0) is 40.2 Å². The monoisotopic (exact) mass is 638 g/mol. The molecule has 2 aromatic carbocycles. The third-order valence-corrected chi connectivity index (χ3v) is 7.23. The lowest BCUT2D eigenvalue weighted by molar-refractivity contribution is -0.0802. The maximum atomic E-state index is 11.5. The average Bonchev–Trinajstić information content (AvgIpc) is 2.86. The smallest absolute Gasteiger partial charge is 0.209 e. The van der Waals surface area contributed by atoms with Crippen LogP contribution in [0.15, 0.2) is 41.1 Å². The van der Waals surface area contributed by atoms with Crippen LogP contribution in [0.3, 0.4) is 0 Å². The van der Waals surface area contributed by atoms with Gasteiger partial charge in [0.2, 0.25) is 10.0 Å². The van der Waals surface area contributed by atoms with Crippen LogP contribution in [0.5, 0.6) is 11.5 Å². The van der Waals surface area contributed by atoms with Gasteiger partial charge in [-0.3, -0.25) is 0 Å². The molecule has 0 amide bonds. The number of aromatic nitrogens is 2. The van der Waals surface area contributed by atoms with Crippen molar-refractivity contribution in [1.82, 2.24) is 14.7 Å². The van der Waals surface area contributed by atoms with E-state index in [-0.39, 0.29) is 17.0 Å². The molecular formula is C22H28BrClN4O9S. The van der Waals surface area contributed by atoms with Gasteiger partial charge in [-0.2, -0.15) is 0 Å². The molecule has 0 aliphatic heterocycles. The van der Waals surface area contributed by atoms with Crippen molar-refractivity contribution in [2.45, 2.75) is 24.4 Å². The minimum absolute atomic E-state index is 0. The number of ether oxygens (including phenoxy) is 2. The summed E-state index contributed by atoms with van der Waals surface area (Å²) in [5.41, 5.74) is 1.10. The van der Waals surface area contributed by atoms with Crippen LogP contribution < -0.4 is 19.5 Å². The van der Waals surface area contributed by atoms with Crippen molar-refractivity contribution >= 4 is 60.0 Å². The summed E-state index contributed by atoms with van der Waals surface area (Å²) in [5.74, 6) is 0.723. The number of hydrogen-bond acceptors (Lipinski definition) is 11. The van der Waals surface area contributed by atoms with Gasteiger partial charge in [0.05, 0.1) is 43.2 Å². The molecule has 210 valence electrons. The lowest BCUT2D eigenvalue weighted by Crippen LogP contribution is -2.55. The normalized spacial score (nSPS) is 14.7. The van der Waals surface area contributed by atoms with Crippen molar-refractivity contribution in [3.8, 4) is 11.5 Å². The zero-order valence-corrected chi connectivity index (χ0v) is 23.3. The molecule has 16 heteroatoms. The molecule has 4 atom stereocenters. The van der Waals surface area contributed by atoms with Crippen molar-refractivity contribution in [3.05, 3.63) is 46.2 Å². The van der Waals surface area contributed by atoms with E-state index < -0.39 is 47.6 Å². The molecule has 0 radical (unpaired) electrons. The van der Waals surface area contributed by atoms with Crippen LogP contribution in [0.25, 0.3) is 10.9 Å². The van der Waals surface area contributed by atoms with E-state index in [1.54, 1.807) is 24.3 Å². The number of nitrogens with one attached hydrogen (secondary N) is 2. The molecule has 3 rings (SSSR count). The number of aliphatic hydroxyl groups is 4. The largest absolute Gasteiger partial charge is 0.493 e. The number of anilines is 2. The van der Waals surface area contributed by atoms with Crippen molar-refractivity contribution in [3.63, 3.8) is 0 Å². The van der Waals surface area contributed by atoms with Gasteiger partial charge in [-0.15, -0.1) is 0 Å². The molecule has 0 bridgehead atoms. The number of sulfonamides is 1. The summed E-state index contributed by atoms with van der Waals surface area (Å²) in [6.45, 7) is -1.56.